The standard InChI is InChI=1S/C10H19ClF3NO2S/c1-2-3-7-15(9-10(12,13)14)18(16,17)8-5-4-6-11/h2-9H2,1H3. The van der Waals surface area contributed by atoms with Gasteiger partial charge in [-0.1, -0.05) is 13.3 Å². The van der Waals surface area contributed by atoms with Gasteiger partial charge in [0.15, 0.2) is 0 Å². The molecule has 0 aliphatic heterocycles. The van der Waals surface area contributed by atoms with Crippen LogP contribution in [0.1, 0.15) is 32.6 Å². The van der Waals surface area contributed by atoms with Gasteiger partial charge in [-0.2, -0.15) is 17.5 Å². The molecule has 0 aromatic carbocycles. The van der Waals surface area contributed by atoms with Crippen LogP contribution in [-0.4, -0.2) is 43.6 Å². The van der Waals surface area contributed by atoms with E-state index in [1.165, 1.54) is 0 Å². The van der Waals surface area contributed by atoms with Crippen LogP contribution in [0.15, 0.2) is 0 Å². The molecule has 0 amide bonds. The Balaban J connectivity index is 4.60. The predicted molar refractivity (Wildman–Crippen MR) is 66.3 cm³/mol. The molecule has 0 aromatic heterocycles. The van der Waals surface area contributed by atoms with E-state index in [1.54, 1.807) is 6.92 Å². The van der Waals surface area contributed by atoms with Crippen LogP contribution in [0.4, 0.5) is 13.2 Å². The number of rotatable bonds is 9. The second-order valence-electron chi connectivity index (χ2n) is 4.01. The van der Waals surface area contributed by atoms with Gasteiger partial charge < -0.3 is 0 Å². The molecule has 0 unspecified atom stereocenters. The van der Waals surface area contributed by atoms with Gasteiger partial charge in [0.1, 0.15) is 6.54 Å². The average Bonchev–Trinajstić information content (AvgIpc) is 2.22. The van der Waals surface area contributed by atoms with Crippen molar-refractivity contribution in [1.29, 1.82) is 0 Å². The average molecular weight is 310 g/mol. The van der Waals surface area contributed by atoms with Crippen LogP contribution in [0.3, 0.4) is 0 Å². The monoisotopic (exact) mass is 309 g/mol. The minimum Gasteiger partial charge on any atom is -0.212 e. The molecule has 0 bridgehead atoms. The Kier molecular flexibility index (Phi) is 8.21. The lowest BCUT2D eigenvalue weighted by atomic mass is 10.3. The topological polar surface area (TPSA) is 37.4 Å². The molecule has 0 atom stereocenters. The summed E-state index contributed by atoms with van der Waals surface area (Å²) in [5.41, 5.74) is 0. The third kappa shape index (κ3) is 8.16. The molecular formula is C10H19ClF3NO2S. The zero-order chi connectivity index (χ0) is 14.2. The molecule has 0 N–H and O–H groups in total. The summed E-state index contributed by atoms with van der Waals surface area (Å²) in [6, 6.07) is 0. The van der Waals surface area contributed by atoms with Gasteiger partial charge in [0.2, 0.25) is 10.0 Å². The molecule has 0 heterocycles. The van der Waals surface area contributed by atoms with Crippen molar-refractivity contribution in [3.63, 3.8) is 0 Å². The summed E-state index contributed by atoms with van der Waals surface area (Å²) < 4.78 is 61.0. The van der Waals surface area contributed by atoms with Gasteiger partial charge in [-0.25, -0.2) is 8.42 Å². The Hall–Kier alpha value is -0.0100. The van der Waals surface area contributed by atoms with E-state index in [-0.39, 0.29) is 18.7 Å². The molecule has 0 aliphatic rings. The largest absolute Gasteiger partial charge is 0.402 e. The SMILES string of the molecule is CCCCN(CC(F)(F)F)S(=O)(=O)CCCCCl. The zero-order valence-electron chi connectivity index (χ0n) is 10.3. The first kappa shape index (κ1) is 18.0. The van der Waals surface area contributed by atoms with Crippen molar-refractivity contribution in [3.05, 3.63) is 0 Å². The fourth-order valence-electron chi connectivity index (χ4n) is 1.36. The van der Waals surface area contributed by atoms with Crippen molar-refractivity contribution in [2.24, 2.45) is 0 Å². The van der Waals surface area contributed by atoms with Gasteiger partial charge in [0.05, 0.1) is 5.75 Å². The van der Waals surface area contributed by atoms with Crippen molar-refractivity contribution in [2.45, 2.75) is 38.8 Å². The Morgan fingerprint density at radius 2 is 1.78 bits per heavy atom. The minimum atomic E-state index is -4.51. The number of nitrogens with zero attached hydrogens (tertiary/aromatic N) is 1. The van der Waals surface area contributed by atoms with Crippen molar-refractivity contribution in [2.75, 3.05) is 24.7 Å². The van der Waals surface area contributed by atoms with E-state index in [4.69, 9.17) is 11.6 Å². The van der Waals surface area contributed by atoms with Gasteiger partial charge in [-0.3, -0.25) is 0 Å². The fraction of sp³-hybridized carbons (Fsp3) is 1.00. The highest BCUT2D eigenvalue weighted by molar-refractivity contribution is 7.89. The van der Waals surface area contributed by atoms with Crippen LogP contribution in [0.25, 0.3) is 0 Å². The lowest BCUT2D eigenvalue weighted by molar-refractivity contribution is -0.136. The number of halogens is 4. The normalized spacial score (nSPS) is 13.2. The lowest BCUT2D eigenvalue weighted by Crippen LogP contribution is -2.40. The third-order valence-electron chi connectivity index (χ3n) is 2.30. The smallest absolute Gasteiger partial charge is 0.212 e. The van der Waals surface area contributed by atoms with Crippen LogP contribution < -0.4 is 0 Å². The number of hydrogen-bond donors (Lipinski definition) is 0. The van der Waals surface area contributed by atoms with Gasteiger partial charge >= 0.3 is 6.18 Å². The van der Waals surface area contributed by atoms with E-state index >= 15 is 0 Å². The third-order valence-corrected chi connectivity index (χ3v) is 4.47. The summed E-state index contributed by atoms with van der Waals surface area (Å²) in [7, 11) is -3.85. The summed E-state index contributed by atoms with van der Waals surface area (Å²) >= 11 is 5.41. The molecule has 0 aromatic rings. The highest BCUT2D eigenvalue weighted by Crippen LogP contribution is 2.19. The summed E-state index contributed by atoms with van der Waals surface area (Å²) in [4.78, 5) is 0. The first-order valence-corrected chi connectivity index (χ1v) is 7.98. The molecule has 0 radical (unpaired) electrons. The Bertz CT molecular complexity index is 320. The van der Waals surface area contributed by atoms with E-state index < -0.39 is 22.7 Å². The molecule has 0 saturated carbocycles. The zero-order valence-corrected chi connectivity index (χ0v) is 11.9. The number of hydrogen-bond acceptors (Lipinski definition) is 2. The van der Waals surface area contributed by atoms with Crippen LogP contribution >= 0.6 is 11.6 Å². The second-order valence-corrected chi connectivity index (χ2v) is 6.48. The van der Waals surface area contributed by atoms with Crippen LogP contribution in [0.5, 0.6) is 0 Å². The van der Waals surface area contributed by atoms with Crippen molar-refractivity contribution in [3.8, 4) is 0 Å². The van der Waals surface area contributed by atoms with Crippen LogP contribution in [-0.2, 0) is 10.0 Å². The number of alkyl halides is 4. The van der Waals surface area contributed by atoms with E-state index in [2.05, 4.69) is 0 Å². The maximum absolute atomic E-state index is 12.3. The molecule has 0 fully saturated rings. The van der Waals surface area contributed by atoms with Gasteiger partial charge in [0, 0.05) is 12.4 Å². The number of unbranched alkanes of at least 4 members (excludes halogenated alkanes) is 2. The van der Waals surface area contributed by atoms with Gasteiger partial charge in [-0.15, -0.1) is 11.6 Å². The Morgan fingerprint density at radius 1 is 1.17 bits per heavy atom. The molecule has 3 nitrogen and oxygen atoms in total. The van der Waals surface area contributed by atoms with Crippen molar-refractivity contribution in [1.82, 2.24) is 4.31 Å². The maximum atomic E-state index is 12.3. The van der Waals surface area contributed by atoms with E-state index in [1.807, 2.05) is 0 Å². The summed E-state index contributed by atoms with van der Waals surface area (Å²) in [5.74, 6) is 0.0310. The summed E-state index contributed by atoms with van der Waals surface area (Å²) in [6.07, 6.45) is -2.68. The number of sulfonamides is 1. The second kappa shape index (κ2) is 8.22. The lowest BCUT2D eigenvalue weighted by Gasteiger charge is -2.23. The minimum absolute atomic E-state index is 0.0841. The van der Waals surface area contributed by atoms with Gasteiger partial charge in [-0.05, 0) is 19.3 Å². The van der Waals surface area contributed by atoms with E-state index in [0.29, 0.717) is 29.4 Å². The predicted octanol–water partition coefficient (Wildman–Crippen LogP) is 3.00. The summed E-state index contributed by atoms with van der Waals surface area (Å²) in [5, 5.41) is 0. The quantitative estimate of drug-likeness (QED) is 0.485. The maximum Gasteiger partial charge on any atom is 0.402 e. The first-order valence-electron chi connectivity index (χ1n) is 5.83. The highest BCUT2D eigenvalue weighted by Gasteiger charge is 2.35. The molecule has 8 heteroatoms. The highest BCUT2D eigenvalue weighted by atomic mass is 35.5. The van der Waals surface area contributed by atoms with Crippen molar-refractivity contribution < 1.29 is 21.6 Å². The molecule has 0 saturated heterocycles. The first-order chi connectivity index (χ1) is 8.23. The van der Waals surface area contributed by atoms with Gasteiger partial charge in [0.25, 0.3) is 0 Å². The Labute approximate surface area is 111 Å². The molecule has 18 heavy (non-hydrogen) atoms. The molecular weight excluding hydrogens is 291 g/mol. The summed E-state index contributed by atoms with van der Waals surface area (Å²) in [6.45, 7) is 0.307. The molecule has 110 valence electrons. The molecule has 0 aliphatic carbocycles. The van der Waals surface area contributed by atoms with E-state index in [9.17, 15) is 21.6 Å². The van der Waals surface area contributed by atoms with Crippen LogP contribution in [0, 0.1) is 0 Å². The molecule has 0 spiro atoms. The Morgan fingerprint density at radius 3 is 2.22 bits per heavy atom. The van der Waals surface area contributed by atoms with Crippen molar-refractivity contribution >= 4 is 21.6 Å². The van der Waals surface area contributed by atoms with Crippen LogP contribution in [0.2, 0.25) is 0 Å². The fourth-order valence-corrected chi connectivity index (χ4v) is 3.13. The van der Waals surface area contributed by atoms with E-state index in [0.717, 1.165) is 0 Å². The molecule has 0 rings (SSSR count).